The number of likely N-dealkylation sites (tertiary alicyclic amines) is 1. The topological polar surface area (TPSA) is 62.7 Å². The monoisotopic (exact) mass is 396 g/mol. The van der Waals surface area contributed by atoms with Gasteiger partial charge in [0, 0.05) is 24.7 Å². The second-order valence-electron chi connectivity index (χ2n) is 8.80. The molecule has 4 rings (SSSR count). The third-order valence-corrected chi connectivity index (χ3v) is 6.96. The van der Waals surface area contributed by atoms with Crippen LogP contribution >= 0.6 is 0 Å². The highest BCUT2D eigenvalue weighted by Crippen LogP contribution is 2.33. The molecule has 1 aliphatic carbocycles. The largest absolute Gasteiger partial charge is 0.497 e. The fraction of sp³-hybridized carbons (Fsp3) is 0.583. The SMILES string of the molecule is COc1ccc2nccc(CCC[C@@H]3CCN(CC4CCC4)C[C@@H]3C(=O)O)c2c1. The summed E-state index contributed by atoms with van der Waals surface area (Å²) in [5.74, 6) is 1.09. The smallest absolute Gasteiger partial charge is 0.308 e. The first kappa shape index (κ1) is 20.1. The minimum absolute atomic E-state index is 0.224. The van der Waals surface area contributed by atoms with Gasteiger partial charge < -0.3 is 14.7 Å². The number of nitrogens with zero attached hydrogens (tertiary/aromatic N) is 2. The van der Waals surface area contributed by atoms with Crippen LogP contribution in [0.15, 0.2) is 30.5 Å². The van der Waals surface area contributed by atoms with E-state index in [-0.39, 0.29) is 11.8 Å². The average Bonchev–Trinajstić information content (AvgIpc) is 2.71. The van der Waals surface area contributed by atoms with Crippen molar-refractivity contribution in [1.29, 1.82) is 0 Å². The summed E-state index contributed by atoms with van der Waals surface area (Å²) in [6, 6.07) is 8.07. The zero-order valence-electron chi connectivity index (χ0n) is 17.3. The molecule has 0 spiro atoms. The first-order chi connectivity index (χ1) is 14.1. The van der Waals surface area contributed by atoms with Crippen LogP contribution in [0.2, 0.25) is 0 Å². The van der Waals surface area contributed by atoms with Crippen molar-refractivity contribution < 1.29 is 14.6 Å². The maximum absolute atomic E-state index is 11.9. The molecule has 2 aromatic rings. The molecular weight excluding hydrogens is 364 g/mol. The predicted molar refractivity (Wildman–Crippen MR) is 114 cm³/mol. The summed E-state index contributed by atoms with van der Waals surface area (Å²) in [5, 5.41) is 10.9. The molecule has 1 saturated carbocycles. The summed E-state index contributed by atoms with van der Waals surface area (Å²) >= 11 is 0. The summed E-state index contributed by atoms with van der Waals surface area (Å²) in [6.45, 7) is 2.88. The Morgan fingerprint density at radius 1 is 1.28 bits per heavy atom. The van der Waals surface area contributed by atoms with Gasteiger partial charge in [-0.15, -0.1) is 0 Å². The molecule has 0 amide bonds. The summed E-state index contributed by atoms with van der Waals surface area (Å²) < 4.78 is 5.37. The lowest BCUT2D eigenvalue weighted by molar-refractivity contribution is -0.146. The summed E-state index contributed by atoms with van der Waals surface area (Å²) in [5.41, 5.74) is 2.25. The van der Waals surface area contributed by atoms with Crippen LogP contribution in [-0.2, 0) is 11.2 Å². The van der Waals surface area contributed by atoms with Crippen molar-refractivity contribution in [1.82, 2.24) is 9.88 Å². The molecule has 2 atom stereocenters. The normalized spacial score (nSPS) is 23.1. The standard InChI is InChI=1S/C24H32N2O3/c1-29-20-8-9-23-21(14-20)18(10-12-25-23)6-3-7-19-11-13-26(15-17-4-2-5-17)16-22(19)24(27)28/h8-10,12,14,17,19,22H,2-7,11,13,15-16H2,1H3,(H,27,28)/t19-,22+/m1/s1. The maximum atomic E-state index is 11.9. The van der Waals surface area contributed by atoms with E-state index in [1.807, 2.05) is 18.3 Å². The number of hydrogen-bond acceptors (Lipinski definition) is 4. The number of rotatable bonds is 8. The molecule has 1 aromatic carbocycles. The number of piperidine rings is 1. The molecule has 156 valence electrons. The number of aryl methyl sites for hydroxylation is 1. The van der Waals surface area contributed by atoms with Crippen LogP contribution < -0.4 is 4.74 Å². The van der Waals surface area contributed by atoms with E-state index in [9.17, 15) is 9.90 Å². The van der Waals surface area contributed by atoms with Gasteiger partial charge in [-0.2, -0.15) is 0 Å². The van der Waals surface area contributed by atoms with Crippen LogP contribution in [0.3, 0.4) is 0 Å². The molecule has 1 saturated heterocycles. The van der Waals surface area contributed by atoms with Gasteiger partial charge in [0.15, 0.2) is 0 Å². The Bertz CT molecular complexity index is 849. The lowest BCUT2D eigenvalue weighted by Gasteiger charge is -2.40. The molecule has 0 unspecified atom stereocenters. The first-order valence-electron chi connectivity index (χ1n) is 11.0. The van der Waals surface area contributed by atoms with Crippen LogP contribution in [0.5, 0.6) is 5.75 Å². The van der Waals surface area contributed by atoms with Gasteiger partial charge in [0.1, 0.15) is 5.75 Å². The highest BCUT2D eigenvalue weighted by atomic mass is 16.5. The Kier molecular flexibility index (Phi) is 6.34. The van der Waals surface area contributed by atoms with Gasteiger partial charge in [-0.3, -0.25) is 9.78 Å². The molecule has 5 nitrogen and oxygen atoms in total. The molecule has 1 aliphatic heterocycles. The van der Waals surface area contributed by atoms with Crippen LogP contribution in [-0.4, -0.2) is 47.7 Å². The van der Waals surface area contributed by atoms with Gasteiger partial charge in [0.05, 0.1) is 18.5 Å². The fourth-order valence-electron chi connectivity index (χ4n) is 4.98. The quantitative estimate of drug-likeness (QED) is 0.717. The van der Waals surface area contributed by atoms with Gasteiger partial charge in [-0.05, 0) is 86.7 Å². The van der Waals surface area contributed by atoms with E-state index >= 15 is 0 Å². The first-order valence-corrected chi connectivity index (χ1v) is 11.0. The van der Waals surface area contributed by atoms with E-state index < -0.39 is 5.97 Å². The molecule has 0 radical (unpaired) electrons. The minimum atomic E-state index is -0.618. The molecule has 2 aliphatic rings. The number of aromatic nitrogens is 1. The second kappa shape index (κ2) is 9.12. The number of carboxylic acids is 1. The summed E-state index contributed by atoms with van der Waals surface area (Å²) in [6.07, 6.45) is 9.79. The van der Waals surface area contributed by atoms with Crippen molar-refractivity contribution in [2.75, 3.05) is 26.7 Å². The van der Waals surface area contributed by atoms with E-state index in [2.05, 4.69) is 22.0 Å². The number of hydrogen-bond donors (Lipinski definition) is 1. The van der Waals surface area contributed by atoms with Gasteiger partial charge in [-0.25, -0.2) is 0 Å². The Labute approximate surface area is 173 Å². The number of methoxy groups -OCH3 is 1. The Balaban J connectivity index is 1.36. The zero-order chi connectivity index (χ0) is 20.2. The van der Waals surface area contributed by atoms with Crippen LogP contribution in [0.1, 0.15) is 44.1 Å². The number of fused-ring (bicyclic) bond motifs is 1. The van der Waals surface area contributed by atoms with Crippen molar-refractivity contribution in [2.45, 2.75) is 44.9 Å². The van der Waals surface area contributed by atoms with Gasteiger partial charge in [0.25, 0.3) is 0 Å². The average molecular weight is 397 g/mol. The lowest BCUT2D eigenvalue weighted by Crippen LogP contribution is -2.46. The zero-order valence-corrected chi connectivity index (χ0v) is 17.3. The van der Waals surface area contributed by atoms with E-state index in [4.69, 9.17) is 4.74 Å². The highest BCUT2D eigenvalue weighted by molar-refractivity contribution is 5.83. The Morgan fingerprint density at radius 3 is 2.86 bits per heavy atom. The third-order valence-electron chi connectivity index (χ3n) is 6.96. The van der Waals surface area contributed by atoms with Crippen LogP contribution in [0.4, 0.5) is 0 Å². The summed E-state index contributed by atoms with van der Waals surface area (Å²) in [4.78, 5) is 18.8. The van der Waals surface area contributed by atoms with Crippen molar-refractivity contribution in [3.05, 3.63) is 36.0 Å². The molecule has 0 bridgehead atoms. The number of aliphatic carboxylic acids is 1. The Hall–Kier alpha value is -2.14. The van der Waals surface area contributed by atoms with Crippen molar-refractivity contribution in [2.24, 2.45) is 17.8 Å². The van der Waals surface area contributed by atoms with Crippen LogP contribution in [0.25, 0.3) is 10.9 Å². The van der Waals surface area contributed by atoms with E-state index in [0.717, 1.165) is 67.9 Å². The number of carboxylic acid groups (broad SMARTS) is 1. The predicted octanol–water partition coefficient (Wildman–Crippen LogP) is 4.39. The molecule has 2 heterocycles. The van der Waals surface area contributed by atoms with Gasteiger partial charge in [0.2, 0.25) is 0 Å². The van der Waals surface area contributed by atoms with Crippen molar-refractivity contribution in [3.63, 3.8) is 0 Å². The van der Waals surface area contributed by atoms with E-state index in [1.165, 1.54) is 24.8 Å². The van der Waals surface area contributed by atoms with Crippen LogP contribution in [0, 0.1) is 17.8 Å². The van der Waals surface area contributed by atoms with Gasteiger partial charge >= 0.3 is 5.97 Å². The van der Waals surface area contributed by atoms with Gasteiger partial charge in [-0.1, -0.05) is 6.42 Å². The molecule has 2 fully saturated rings. The third kappa shape index (κ3) is 4.72. The highest BCUT2D eigenvalue weighted by Gasteiger charge is 2.35. The van der Waals surface area contributed by atoms with E-state index in [1.54, 1.807) is 7.11 Å². The van der Waals surface area contributed by atoms with E-state index in [0.29, 0.717) is 0 Å². The number of carbonyl (C=O) groups is 1. The minimum Gasteiger partial charge on any atom is -0.497 e. The molecule has 1 N–H and O–H groups in total. The van der Waals surface area contributed by atoms with Crippen molar-refractivity contribution >= 4 is 16.9 Å². The van der Waals surface area contributed by atoms with Crippen molar-refractivity contribution in [3.8, 4) is 5.75 Å². The number of benzene rings is 1. The molecule has 29 heavy (non-hydrogen) atoms. The Morgan fingerprint density at radius 2 is 2.14 bits per heavy atom. The number of ether oxygens (including phenoxy) is 1. The maximum Gasteiger partial charge on any atom is 0.308 e. The fourth-order valence-corrected chi connectivity index (χ4v) is 4.98. The molecule has 5 heteroatoms. The summed E-state index contributed by atoms with van der Waals surface area (Å²) in [7, 11) is 1.68. The second-order valence-corrected chi connectivity index (χ2v) is 8.80. The number of pyridine rings is 1. The molecular formula is C24H32N2O3. The molecule has 1 aromatic heterocycles. The lowest BCUT2D eigenvalue weighted by atomic mass is 9.80.